The van der Waals surface area contributed by atoms with Crippen molar-refractivity contribution in [2.75, 3.05) is 40.3 Å². The van der Waals surface area contributed by atoms with Crippen molar-refractivity contribution in [3.8, 4) is 6.07 Å². The number of guanidine groups is 1. The van der Waals surface area contributed by atoms with E-state index in [1.54, 1.807) is 31.1 Å². The number of hydrogen-bond donors (Lipinski definition) is 2. The third-order valence-electron chi connectivity index (χ3n) is 4.72. The van der Waals surface area contributed by atoms with E-state index in [1.807, 2.05) is 13.0 Å². The van der Waals surface area contributed by atoms with Gasteiger partial charge in [0, 0.05) is 45.3 Å². The Morgan fingerprint density at radius 2 is 2.07 bits per heavy atom. The van der Waals surface area contributed by atoms with Gasteiger partial charge in [-0.1, -0.05) is 6.07 Å². The third kappa shape index (κ3) is 8.14. The summed E-state index contributed by atoms with van der Waals surface area (Å²) >= 11 is 0. The number of benzene rings is 1. The Hall–Kier alpha value is -1.93. The van der Waals surface area contributed by atoms with E-state index in [0.717, 1.165) is 25.9 Å². The number of aliphatic imine (C=N–C) groups is 1. The number of halogens is 2. The van der Waals surface area contributed by atoms with E-state index in [0.29, 0.717) is 30.2 Å². The molecule has 1 aliphatic heterocycles. The van der Waals surface area contributed by atoms with Crippen molar-refractivity contribution < 1.29 is 9.18 Å². The first-order valence-corrected chi connectivity index (χ1v) is 9.58. The number of rotatable bonds is 6. The van der Waals surface area contributed by atoms with Crippen LogP contribution in [0.5, 0.6) is 0 Å². The lowest BCUT2D eigenvalue weighted by Crippen LogP contribution is -2.50. The zero-order valence-electron chi connectivity index (χ0n) is 17.2. The summed E-state index contributed by atoms with van der Waals surface area (Å²) in [5.74, 6) is 0.345. The monoisotopic (exact) mass is 516 g/mol. The van der Waals surface area contributed by atoms with Crippen molar-refractivity contribution in [3.05, 3.63) is 35.1 Å². The average Bonchev–Trinajstić information content (AvgIpc) is 2.68. The standard InChI is InChI=1S/C20H29FN6O.HI/c1-4-23-20(24-13-16-6-5-15(12-22)11-18(16)21)25-17-7-9-27(10-8-17)14-19(28)26(2)3;/h5-6,11,17H,4,7-10,13-14H2,1-3H3,(H2,23,24,25);1H. The molecule has 9 heteroatoms. The molecule has 29 heavy (non-hydrogen) atoms. The van der Waals surface area contributed by atoms with Gasteiger partial charge in [-0.05, 0) is 31.9 Å². The minimum Gasteiger partial charge on any atom is -0.357 e. The molecule has 1 amide bonds. The molecular weight excluding hydrogens is 486 g/mol. The fraction of sp³-hybridized carbons (Fsp3) is 0.550. The second-order valence-electron chi connectivity index (χ2n) is 7.10. The van der Waals surface area contributed by atoms with Crippen LogP contribution in [0.15, 0.2) is 23.2 Å². The predicted octanol–water partition coefficient (Wildman–Crippen LogP) is 1.92. The number of amides is 1. The molecule has 2 rings (SSSR count). The number of likely N-dealkylation sites (N-methyl/N-ethyl adjacent to an activating group) is 1. The zero-order valence-corrected chi connectivity index (χ0v) is 19.6. The Morgan fingerprint density at radius 1 is 1.38 bits per heavy atom. The number of nitriles is 1. The van der Waals surface area contributed by atoms with Crippen molar-refractivity contribution >= 4 is 35.8 Å². The molecule has 1 saturated heterocycles. The predicted molar refractivity (Wildman–Crippen MR) is 123 cm³/mol. The molecule has 0 aliphatic carbocycles. The van der Waals surface area contributed by atoms with E-state index in [1.165, 1.54) is 6.07 Å². The van der Waals surface area contributed by atoms with Gasteiger partial charge in [-0.2, -0.15) is 5.26 Å². The molecule has 0 atom stereocenters. The van der Waals surface area contributed by atoms with Gasteiger partial charge in [-0.25, -0.2) is 9.38 Å². The van der Waals surface area contributed by atoms with Crippen molar-refractivity contribution in [2.45, 2.75) is 32.4 Å². The Labute approximate surface area is 189 Å². The molecule has 2 N–H and O–H groups in total. The first kappa shape index (κ1) is 25.1. The molecule has 0 radical (unpaired) electrons. The summed E-state index contributed by atoms with van der Waals surface area (Å²) in [6, 6.07) is 6.61. The molecule has 1 aromatic rings. The molecule has 0 saturated carbocycles. The Kier molecular flexibility index (Phi) is 10.9. The molecule has 7 nitrogen and oxygen atoms in total. The molecule has 1 heterocycles. The maximum atomic E-state index is 14.0. The Morgan fingerprint density at radius 3 is 2.62 bits per heavy atom. The molecule has 0 bridgehead atoms. The van der Waals surface area contributed by atoms with Crippen LogP contribution in [0, 0.1) is 17.1 Å². The molecule has 1 fully saturated rings. The number of nitrogens with zero attached hydrogens (tertiary/aromatic N) is 4. The molecule has 160 valence electrons. The summed E-state index contributed by atoms with van der Waals surface area (Å²) in [5.41, 5.74) is 0.753. The van der Waals surface area contributed by atoms with Gasteiger partial charge in [-0.3, -0.25) is 9.69 Å². The van der Waals surface area contributed by atoms with Gasteiger partial charge in [0.25, 0.3) is 0 Å². The number of hydrogen-bond acceptors (Lipinski definition) is 4. The van der Waals surface area contributed by atoms with Crippen LogP contribution in [-0.4, -0.2) is 68.0 Å². The van der Waals surface area contributed by atoms with E-state index < -0.39 is 5.82 Å². The lowest BCUT2D eigenvalue weighted by atomic mass is 10.1. The topological polar surface area (TPSA) is 83.8 Å². The summed E-state index contributed by atoms with van der Waals surface area (Å²) in [7, 11) is 3.54. The number of piperidine rings is 1. The van der Waals surface area contributed by atoms with Crippen molar-refractivity contribution in [1.82, 2.24) is 20.4 Å². The normalized spacial score (nSPS) is 15.2. The van der Waals surface area contributed by atoms with Crippen LogP contribution in [0.25, 0.3) is 0 Å². The van der Waals surface area contributed by atoms with E-state index in [4.69, 9.17) is 5.26 Å². The van der Waals surface area contributed by atoms with Crippen LogP contribution in [0.1, 0.15) is 30.9 Å². The summed E-state index contributed by atoms with van der Waals surface area (Å²) in [6.07, 6.45) is 1.83. The van der Waals surface area contributed by atoms with Gasteiger partial charge >= 0.3 is 0 Å². The average molecular weight is 516 g/mol. The summed E-state index contributed by atoms with van der Waals surface area (Å²) in [4.78, 5) is 20.1. The van der Waals surface area contributed by atoms with Gasteiger partial charge in [0.05, 0.1) is 24.7 Å². The third-order valence-corrected chi connectivity index (χ3v) is 4.72. The molecule has 0 aromatic heterocycles. The first-order valence-electron chi connectivity index (χ1n) is 9.58. The van der Waals surface area contributed by atoms with Crippen LogP contribution >= 0.6 is 24.0 Å². The first-order chi connectivity index (χ1) is 13.4. The summed E-state index contributed by atoms with van der Waals surface area (Å²) in [6.45, 7) is 5.03. The molecular formula is C20H30FIN6O. The smallest absolute Gasteiger partial charge is 0.236 e. The Balaban J connectivity index is 0.00000420. The fourth-order valence-electron chi connectivity index (χ4n) is 2.99. The van der Waals surface area contributed by atoms with E-state index in [-0.39, 0.29) is 42.5 Å². The van der Waals surface area contributed by atoms with Gasteiger partial charge in [0.1, 0.15) is 5.82 Å². The molecule has 0 spiro atoms. The number of nitrogens with one attached hydrogen (secondary N) is 2. The van der Waals surface area contributed by atoms with Crippen LogP contribution in [0.2, 0.25) is 0 Å². The quantitative estimate of drug-likeness (QED) is 0.343. The maximum Gasteiger partial charge on any atom is 0.236 e. The van der Waals surface area contributed by atoms with Gasteiger partial charge < -0.3 is 15.5 Å². The van der Waals surface area contributed by atoms with Crippen molar-refractivity contribution in [2.24, 2.45) is 4.99 Å². The number of carbonyl (C=O) groups is 1. The fourth-order valence-corrected chi connectivity index (χ4v) is 2.99. The minimum atomic E-state index is -0.419. The second-order valence-corrected chi connectivity index (χ2v) is 7.10. The number of carbonyl (C=O) groups excluding carboxylic acids is 1. The van der Waals surface area contributed by atoms with Gasteiger partial charge in [0.15, 0.2) is 5.96 Å². The van der Waals surface area contributed by atoms with Crippen LogP contribution in [0.4, 0.5) is 4.39 Å². The minimum absolute atomic E-state index is 0. The highest BCUT2D eigenvalue weighted by atomic mass is 127. The van der Waals surface area contributed by atoms with E-state index in [9.17, 15) is 9.18 Å². The lowest BCUT2D eigenvalue weighted by Gasteiger charge is -2.33. The Bertz CT molecular complexity index is 741. The van der Waals surface area contributed by atoms with Crippen LogP contribution in [0.3, 0.4) is 0 Å². The van der Waals surface area contributed by atoms with E-state index >= 15 is 0 Å². The largest absolute Gasteiger partial charge is 0.357 e. The maximum absolute atomic E-state index is 14.0. The van der Waals surface area contributed by atoms with E-state index in [2.05, 4.69) is 20.5 Å². The van der Waals surface area contributed by atoms with Crippen molar-refractivity contribution in [3.63, 3.8) is 0 Å². The summed E-state index contributed by atoms with van der Waals surface area (Å²) < 4.78 is 14.0. The summed E-state index contributed by atoms with van der Waals surface area (Å²) in [5, 5.41) is 15.4. The van der Waals surface area contributed by atoms with Crippen LogP contribution in [-0.2, 0) is 11.3 Å². The van der Waals surface area contributed by atoms with Gasteiger partial charge in [-0.15, -0.1) is 24.0 Å². The van der Waals surface area contributed by atoms with Gasteiger partial charge in [0.2, 0.25) is 5.91 Å². The lowest BCUT2D eigenvalue weighted by molar-refractivity contribution is -0.130. The van der Waals surface area contributed by atoms with Crippen LogP contribution < -0.4 is 10.6 Å². The van der Waals surface area contributed by atoms with Crippen molar-refractivity contribution in [1.29, 1.82) is 5.26 Å². The highest BCUT2D eigenvalue weighted by molar-refractivity contribution is 14.0. The molecule has 0 unspecified atom stereocenters. The zero-order chi connectivity index (χ0) is 20.5. The number of likely N-dealkylation sites (tertiary alicyclic amines) is 1. The highest BCUT2D eigenvalue weighted by Crippen LogP contribution is 2.12. The molecule has 1 aliphatic rings. The molecule has 1 aromatic carbocycles. The SMILES string of the molecule is CCNC(=NCc1ccc(C#N)cc1F)NC1CCN(CC(=O)N(C)C)CC1.I. The highest BCUT2D eigenvalue weighted by Gasteiger charge is 2.22. The second kappa shape index (κ2) is 12.6.